The number of likely N-dealkylation sites (N-methyl/N-ethyl adjacent to an activating group) is 1. The Balaban J connectivity index is 1.65. The maximum Gasteiger partial charge on any atom is 0.238 e. The Morgan fingerprint density at radius 1 is 1.32 bits per heavy atom. The molecule has 0 bridgehead atoms. The number of carbonyl (C=O) groups is 2. The fourth-order valence-corrected chi connectivity index (χ4v) is 3.23. The minimum atomic E-state index is -0.357. The van der Waals surface area contributed by atoms with Crippen molar-refractivity contribution in [2.75, 3.05) is 45.2 Å². The summed E-state index contributed by atoms with van der Waals surface area (Å²) in [4.78, 5) is 38.1. The second kappa shape index (κ2) is 5.64. The molecule has 1 unspecified atom stereocenters. The van der Waals surface area contributed by atoms with E-state index in [4.69, 9.17) is 0 Å². The summed E-state index contributed by atoms with van der Waals surface area (Å²) in [5.74, 6) is 0.632. The number of hydrogen-bond acceptors (Lipinski definition) is 5. The molecule has 0 N–H and O–H groups in total. The Kier molecular flexibility index (Phi) is 3.82. The monoisotopic (exact) mass is 303 g/mol. The van der Waals surface area contributed by atoms with Crippen molar-refractivity contribution in [2.45, 2.75) is 12.8 Å². The van der Waals surface area contributed by atoms with Crippen LogP contribution in [0.25, 0.3) is 0 Å². The van der Waals surface area contributed by atoms with Crippen LogP contribution in [0, 0.1) is 5.41 Å². The lowest BCUT2D eigenvalue weighted by molar-refractivity contribution is -0.142. The van der Waals surface area contributed by atoms with Crippen molar-refractivity contribution >= 4 is 17.8 Å². The van der Waals surface area contributed by atoms with E-state index >= 15 is 0 Å². The van der Waals surface area contributed by atoms with Gasteiger partial charge in [-0.05, 0) is 25.5 Å². The zero-order valence-electron chi connectivity index (χ0n) is 13.0. The lowest BCUT2D eigenvalue weighted by atomic mass is 9.72. The summed E-state index contributed by atoms with van der Waals surface area (Å²) < 4.78 is 0. The number of piperidine rings is 1. The first-order chi connectivity index (χ1) is 10.5. The topological polar surface area (TPSA) is 69.6 Å². The predicted molar refractivity (Wildman–Crippen MR) is 81.2 cm³/mol. The molecule has 22 heavy (non-hydrogen) atoms. The molecule has 0 radical (unpaired) electrons. The quantitative estimate of drug-likeness (QED) is 0.735. The van der Waals surface area contributed by atoms with Crippen LogP contribution in [0.15, 0.2) is 18.5 Å². The van der Waals surface area contributed by atoms with Gasteiger partial charge in [-0.15, -0.1) is 0 Å². The highest BCUT2D eigenvalue weighted by Crippen LogP contribution is 2.41. The van der Waals surface area contributed by atoms with Crippen LogP contribution in [0.5, 0.6) is 0 Å². The minimum Gasteiger partial charge on any atom is -0.348 e. The van der Waals surface area contributed by atoms with Crippen molar-refractivity contribution in [1.82, 2.24) is 19.8 Å². The number of amides is 2. The summed E-state index contributed by atoms with van der Waals surface area (Å²) in [5, 5.41) is 0. The summed E-state index contributed by atoms with van der Waals surface area (Å²) in [6, 6.07) is 1.73. The number of hydrogen-bond donors (Lipinski definition) is 0. The Labute approximate surface area is 129 Å². The molecule has 0 aromatic carbocycles. The highest BCUT2D eigenvalue weighted by atomic mass is 16.2. The summed E-state index contributed by atoms with van der Waals surface area (Å²) in [5.41, 5.74) is -0.357. The molecule has 0 aliphatic carbocycles. The van der Waals surface area contributed by atoms with Crippen molar-refractivity contribution in [1.29, 1.82) is 0 Å². The van der Waals surface area contributed by atoms with Gasteiger partial charge in [-0.2, -0.15) is 0 Å². The van der Waals surface area contributed by atoms with Crippen LogP contribution in [0.3, 0.4) is 0 Å². The maximum atomic E-state index is 12.6. The number of β-lactam (4-membered cyclic amide) rings is 1. The average Bonchev–Trinajstić information content (AvgIpc) is 2.53. The number of carbonyl (C=O) groups excluding carboxylic acids is 2. The van der Waals surface area contributed by atoms with Gasteiger partial charge in [0.15, 0.2) is 0 Å². The molecule has 1 aromatic rings. The Morgan fingerprint density at radius 2 is 2.05 bits per heavy atom. The highest BCUT2D eigenvalue weighted by Gasteiger charge is 2.55. The number of rotatable bonds is 3. The first kappa shape index (κ1) is 14.9. The second-order valence-corrected chi connectivity index (χ2v) is 6.32. The van der Waals surface area contributed by atoms with Gasteiger partial charge >= 0.3 is 0 Å². The van der Waals surface area contributed by atoms with Gasteiger partial charge in [0.25, 0.3) is 0 Å². The van der Waals surface area contributed by atoms with Gasteiger partial charge in [-0.1, -0.05) is 0 Å². The summed E-state index contributed by atoms with van der Waals surface area (Å²) in [6.07, 6.45) is 5.10. The molecule has 2 aliphatic heterocycles. The molecule has 3 heterocycles. The third-order valence-electron chi connectivity index (χ3n) is 4.47. The van der Waals surface area contributed by atoms with E-state index in [0.717, 1.165) is 19.4 Å². The van der Waals surface area contributed by atoms with E-state index in [9.17, 15) is 9.59 Å². The molecule has 118 valence electrons. The fraction of sp³-hybridized carbons (Fsp3) is 0.600. The molecular formula is C15H21N5O2. The Bertz CT molecular complexity index is 577. The third-order valence-corrected chi connectivity index (χ3v) is 4.47. The van der Waals surface area contributed by atoms with Gasteiger partial charge in [0.05, 0.1) is 12.0 Å². The standard InChI is InChI=1S/C15H21N5O2/c1-18(2)12(21)9-19-8-3-5-15(10-19)11-20(13(15)22)14-16-6-4-7-17-14/h4,6-7H,3,5,8-11H2,1-2H3. The lowest BCUT2D eigenvalue weighted by Crippen LogP contribution is -2.68. The van der Waals surface area contributed by atoms with Crippen molar-refractivity contribution < 1.29 is 9.59 Å². The van der Waals surface area contributed by atoms with Crippen LogP contribution in [0.2, 0.25) is 0 Å². The molecule has 2 saturated heterocycles. The van der Waals surface area contributed by atoms with Crippen LogP contribution in [0.1, 0.15) is 12.8 Å². The van der Waals surface area contributed by atoms with Crippen molar-refractivity contribution in [3.8, 4) is 0 Å². The summed E-state index contributed by atoms with van der Waals surface area (Å²) in [7, 11) is 3.51. The molecule has 2 fully saturated rings. The first-order valence-corrected chi connectivity index (χ1v) is 7.53. The van der Waals surface area contributed by atoms with Crippen LogP contribution < -0.4 is 4.90 Å². The van der Waals surface area contributed by atoms with E-state index in [1.807, 2.05) is 0 Å². The Morgan fingerprint density at radius 3 is 2.68 bits per heavy atom. The predicted octanol–water partition coefficient (Wildman–Crippen LogP) is -0.00640. The molecule has 3 rings (SSSR count). The minimum absolute atomic E-state index is 0.0760. The van der Waals surface area contributed by atoms with Crippen LogP contribution in [-0.4, -0.2) is 71.9 Å². The SMILES string of the molecule is CN(C)C(=O)CN1CCCC2(C1)CN(c1ncccn1)C2=O. The molecule has 2 aliphatic rings. The molecule has 7 nitrogen and oxygen atoms in total. The van der Waals surface area contributed by atoms with Gasteiger partial charge in [-0.3, -0.25) is 19.4 Å². The molecule has 7 heteroatoms. The number of aromatic nitrogens is 2. The molecule has 1 spiro atoms. The van der Waals surface area contributed by atoms with E-state index in [-0.39, 0.29) is 17.2 Å². The van der Waals surface area contributed by atoms with Crippen LogP contribution in [-0.2, 0) is 9.59 Å². The lowest BCUT2D eigenvalue weighted by Gasteiger charge is -2.52. The fourth-order valence-electron chi connectivity index (χ4n) is 3.23. The van der Waals surface area contributed by atoms with Gasteiger partial charge in [0, 0.05) is 39.6 Å². The van der Waals surface area contributed by atoms with Gasteiger partial charge < -0.3 is 4.90 Å². The number of anilines is 1. The van der Waals surface area contributed by atoms with E-state index in [2.05, 4.69) is 14.9 Å². The van der Waals surface area contributed by atoms with E-state index in [1.54, 1.807) is 42.4 Å². The normalized spacial score (nSPS) is 25.2. The zero-order chi connectivity index (χ0) is 15.7. The maximum absolute atomic E-state index is 12.6. The molecule has 1 atom stereocenters. The van der Waals surface area contributed by atoms with E-state index < -0.39 is 0 Å². The second-order valence-electron chi connectivity index (χ2n) is 6.32. The van der Waals surface area contributed by atoms with Crippen molar-refractivity contribution in [3.63, 3.8) is 0 Å². The highest BCUT2D eigenvalue weighted by molar-refractivity contribution is 6.03. The van der Waals surface area contributed by atoms with Gasteiger partial charge in [0.2, 0.25) is 17.8 Å². The van der Waals surface area contributed by atoms with Crippen LogP contribution >= 0.6 is 0 Å². The first-order valence-electron chi connectivity index (χ1n) is 7.53. The van der Waals surface area contributed by atoms with Gasteiger partial charge in [-0.25, -0.2) is 9.97 Å². The largest absolute Gasteiger partial charge is 0.348 e. The Hall–Kier alpha value is -2.02. The summed E-state index contributed by atoms with van der Waals surface area (Å²) in [6.45, 7) is 2.54. The third kappa shape index (κ3) is 2.56. The smallest absolute Gasteiger partial charge is 0.238 e. The van der Waals surface area contributed by atoms with Crippen molar-refractivity contribution in [2.24, 2.45) is 5.41 Å². The van der Waals surface area contributed by atoms with Gasteiger partial charge in [0.1, 0.15) is 0 Å². The number of likely N-dealkylation sites (tertiary alicyclic amines) is 1. The average molecular weight is 303 g/mol. The summed E-state index contributed by atoms with van der Waals surface area (Å²) >= 11 is 0. The van der Waals surface area contributed by atoms with Crippen LogP contribution in [0.4, 0.5) is 5.95 Å². The van der Waals surface area contributed by atoms with Crippen molar-refractivity contribution in [3.05, 3.63) is 18.5 Å². The van der Waals surface area contributed by atoms with E-state index in [0.29, 0.717) is 25.6 Å². The number of nitrogens with zero attached hydrogens (tertiary/aromatic N) is 5. The molecular weight excluding hydrogens is 282 g/mol. The molecule has 0 saturated carbocycles. The molecule has 1 aromatic heterocycles. The van der Waals surface area contributed by atoms with E-state index in [1.165, 1.54) is 0 Å². The molecule has 2 amide bonds. The zero-order valence-corrected chi connectivity index (χ0v) is 13.0.